The van der Waals surface area contributed by atoms with E-state index < -0.39 is 0 Å². The maximum Gasteiger partial charge on any atom is 0.251 e. The highest BCUT2D eigenvalue weighted by Gasteiger charge is 2.25. The van der Waals surface area contributed by atoms with Gasteiger partial charge in [0.15, 0.2) is 0 Å². The number of benzene rings is 1. The molecule has 1 aromatic carbocycles. The third-order valence-electron chi connectivity index (χ3n) is 4.23. The summed E-state index contributed by atoms with van der Waals surface area (Å²) in [6, 6.07) is 11.4. The zero-order chi connectivity index (χ0) is 16.4. The summed E-state index contributed by atoms with van der Waals surface area (Å²) in [6.45, 7) is 1.67. The van der Waals surface area contributed by atoms with E-state index in [4.69, 9.17) is 0 Å². The number of amides is 1. The maximum absolute atomic E-state index is 12.5. The topological polar surface area (TPSA) is 71.0 Å². The summed E-state index contributed by atoms with van der Waals surface area (Å²) in [5.74, 6) is 0.880. The monoisotopic (exact) mass is 319 g/mol. The zero-order valence-corrected chi connectivity index (χ0v) is 13.1. The van der Waals surface area contributed by atoms with Gasteiger partial charge < -0.3 is 10.2 Å². The third kappa shape index (κ3) is 2.90. The molecule has 0 spiro atoms. The summed E-state index contributed by atoms with van der Waals surface area (Å²) in [4.78, 5) is 27.5. The van der Waals surface area contributed by atoms with Gasteiger partial charge in [-0.05, 0) is 36.8 Å². The van der Waals surface area contributed by atoms with Crippen LogP contribution in [0.1, 0.15) is 16.8 Å². The molecule has 3 heterocycles. The lowest BCUT2D eigenvalue weighted by Gasteiger charge is -2.17. The van der Waals surface area contributed by atoms with Crippen LogP contribution in [0.5, 0.6) is 0 Å². The molecule has 0 saturated carbocycles. The van der Waals surface area contributed by atoms with Gasteiger partial charge in [-0.2, -0.15) is 0 Å². The van der Waals surface area contributed by atoms with Gasteiger partial charge in [0.1, 0.15) is 5.82 Å². The summed E-state index contributed by atoms with van der Waals surface area (Å²) in [5.41, 5.74) is 2.13. The average Bonchev–Trinajstić information content (AvgIpc) is 3.10. The van der Waals surface area contributed by atoms with E-state index in [9.17, 15) is 4.79 Å². The maximum atomic E-state index is 12.5. The van der Waals surface area contributed by atoms with E-state index in [2.05, 4.69) is 25.2 Å². The predicted molar refractivity (Wildman–Crippen MR) is 91.9 cm³/mol. The largest absolute Gasteiger partial charge is 0.354 e. The summed E-state index contributed by atoms with van der Waals surface area (Å²) in [6.07, 6.45) is 5.98. The van der Waals surface area contributed by atoms with Gasteiger partial charge in [-0.15, -0.1) is 0 Å². The number of anilines is 1. The van der Waals surface area contributed by atoms with E-state index in [1.165, 1.54) is 0 Å². The first kappa shape index (κ1) is 14.6. The molecule has 0 unspecified atom stereocenters. The van der Waals surface area contributed by atoms with Crippen LogP contribution in [0.4, 0.5) is 5.82 Å². The Kier molecular flexibility index (Phi) is 3.78. The molecular weight excluding hydrogens is 302 g/mol. The Hall–Kier alpha value is -3.02. The van der Waals surface area contributed by atoms with Gasteiger partial charge in [0.05, 0.1) is 11.0 Å². The number of fused-ring (bicyclic) bond motifs is 1. The van der Waals surface area contributed by atoms with Crippen LogP contribution in [0.15, 0.2) is 55.0 Å². The van der Waals surface area contributed by atoms with Crippen molar-refractivity contribution in [2.75, 3.05) is 18.0 Å². The van der Waals surface area contributed by atoms with Crippen LogP contribution in [0.3, 0.4) is 0 Å². The Labute approximate surface area is 139 Å². The van der Waals surface area contributed by atoms with Gasteiger partial charge in [0.2, 0.25) is 0 Å². The molecule has 1 atom stereocenters. The van der Waals surface area contributed by atoms with E-state index in [-0.39, 0.29) is 11.9 Å². The number of hydrogen-bond donors (Lipinski definition) is 1. The Bertz CT molecular complexity index is 867. The minimum atomic E-state index is -0.0737. The number of hydrogen-bond acceptors (Lipinski definition) is 5. The molecule has 6 heteroatoms. The van der Waals surface area contributed by atoms with Crippen molar-refractivity contribution in [1.29, 1.82) is 0 Å². The molecule has 0 bridgehead atoms. The van der Waals surface area contributed by atoms with Crippen LogP contribution in [-0.4, -0.2) is 40.0 Å². The lowest BCUT2D eigenvalue weighted by molar-refractivity contribution is 0.0940. The van der Waals surface area contributed by atoms with Crippen molar-refractivity contribution in [3.63, 3.8) is 0 Å². The van der Waals surface area contributed by atoms with E-state index >= 15 is 0 Å². The number of pyridine rings is 1. The predicted octanol–water partition coefficient (Wildman–Crippen LogP) is 2.03. The number of carbonyl (C=O) groups is 1. The third-order valence-corrected chi connectivity index (χ3v) is 4.23. The lowest BCUT2D eigenvalue weighted by atomic mass is 10.1. The molecule has 0 radical (unpaired) electrons. The van der Waals surface area contributed by atoms with Gasteiger partial charge in [0, 0.05) is 43.3 Å². The number of nitrogens with zero attached hydrogens (tertiary/aromatic N) is 4. The van der Waals surface area contributed by atoms with E-state index in [0.717, 1.165) is 36.4 Å². The number of carbonyl (C=O) groups excluding carboxylic acids is 1. The van der Waals surface area contributed by atoms with Crippen molar-refractivity contribution in [3.8, 4) is 0 Å². The van der Waals surface area contributed by atoms with Gasteiger partial charge in [-0.3, -0.25) is 14.8 Å². The molecule has 6 nitrogen and oxygen atoms in total. The Morgan fingerprint density at radius 1 is 1.04 bits per heavy atom. The second-order valence-corrected chi connectivity index (χ2v) is 5.85. The second kappa shape index (κ2) is 6.23. The Morgan fingerprint density at radius 3 is 2.75 bits per heavy atom. The highest BCUT2D eigenvalue weighted by Crippen LogP contribution is 2.18. The molecule has 1 aliphatic rings. The second-order valence-electron chi connectivity index (χ2n) is 5.85. The number of aromatic nitrogens is 3. The van der Waals surface area contributed by atoms with Crippen LogP contribution < -0.4 is 10.2 Å². The molecule has 0 aliphatic carbocycles. The van der Waals surface area contributed by atoms with Gasteiger partial charge in [-0.1, -0.05) is 6.07 Å². The fourth-order valence-electron chi connectivity index (χ4n) is 3.00. The number of nitrogens with one attached hydrogen (secondary N) is 1. The summed E-state index contributed by atoms with van der Waals surface area (Å²) >= 11 is 0. The average molecular weight is 319 g/mol. The minimum Gasteiger partial charge on any atom is -0.354 e. The quantitative estimate of drug-likeness (QED) is 0.800. The highest BCUT2D eigenvalue weighted by molar-refractivity contribution is 5.97. The molecule has 120 valence electrons. The molecule has 1 amide bonds. The van der Waals surface area contributed by atoms with Crippen molar-refractivity contribution < 1.29 is 4.79 Å². The zero-order valence-electron chi connectivity index (χ0n) is 13.1. The molecule has 24 heavy (non-hydrogen) atoms. The minimum absolute atomic E-state index is 0.0737. The van der Waals surface area contributed by atoms with Crippen molar-refractivity contribution >= 4 is 22.8 Å². The molecule has 4 rings (SSSR count). The van der Waals surface area contributed by atoms with E-state index in [1.54, 1.807) is 30.7 Å². The van der Waals surface area contributed by atoms with Crippen molar-refractivity contribution in [3.05, 3.63) is 60.6 Å². The summed E-state index contributed by atoms with van der Waals surface area (Å²) in [5, 5.41) is 3.10. The van der Waals surface area contributed by atoms with Gasteiger partial charge in [-0.25, -0.2) is 4.98 Å². The van der Waals surface area contributed by atoms with E-state index in [1.807, 2.05) is 24.3 Å². The summed E-state index contributed by atoms with van der Waals surface area (Å²) in [7, 11) is 0. The van der Waals surface area contributed by atoms with Gasteiger partial charge in [0.25, 0.3) is 5.91 Å². The smallest absolute Gasteiger partial charge is 0.251 e. The van der Waals surface area contributed by atoms with Crippen LogP contribution in [0, 0.1) is 0 Å². The lowest BCUT2D eigenvalue weighted by Crippen LogP contribution is -2.37. The molecular formula is C18H17N5O. The van der Waals surface area contributed by atoms with Crippen molar-refractivity contribution in [2.24, 2.45) is 0 Å². The fourth-order valence-corrected chi connectivity index (χ4v) is 3.00. The van der Waals surface area contributed by atoms with Crippen LogP contribution in [-0.2, 0) is 0 Å². The Balaban J connectivity index is 1.44. The molecule has 2 aromatic heterocycles. The fraction of sp³-hybridized carbons (Fsp3) is 0.222. The van der Waals surface area contributed by atoms with Crippen molar-refractivity contribution in [1.82, 2.24) is 20.3 Å². The Morgan fingerprint density at radius 2 is 1.92 bits per heavy atom. The standard InChI is InChI=1S/C18H17N5O/c24-18(13-4-5-15-16(11-13)20-9-8-19-15)22-14-6-10-23(12-14)17-3-1-2-7-21-17/h1-5,7-9,11,14H,6,10,12H2,(H,22,24)/t14-/m1/s1. The highest BCUT2D eigenvalue weighted by atomic mass is 16.1. The first-order valence-corrected chi connectivity index (χ1v) is 7.97. The molecule has 1 aliphatic heterocycles. The van der Waals surface area contributed by atoms with Gasteiger partial charge >= 0.3 is 0 Å². The van der Waals surface area contributed by atoms with Crippen LogP contribution >= 0.6 is 0 Å². The molecule has 3 aromatic rings. The first-order chi connectivity index (χ1) is 11.8. The molecule has 1 N–H and O–H groups in total. The molecule has 1 fully saturated rings. The first-order valence-electron chi connectivity index (χ1n) is 7.97. The van der Waals surface area contributed by atoms with Crippen molar-refractivity contribution in [2.45, 2.75) is 12.5 Å². The normalized spacial score (nSPS) is 17.2. The number of rotatable bonds is 3. The molecule has 1 saturated heterocycles. The van der Waals surface area contributed by atoms with Crippen LogP contribution in [0.25, 0.3) is 11.0 Å². The summed E-state index contributed by atoms with van der Waals surface area (Å²) < 4.78 is 0. The van der Waals surface area contributed by atoms with Crippen LogP contribution in [0.2, 0.25) is 0 Å². The SMILES string of the molecule is O=C(N[C@@H]1CCN(c2ccccn2)C1)c1ccc2nccnc2c1. The van der Waals surface area contributed by atoms with E-state index in [0.29, 0.717) is 5.56 Å².